The first kappa shape index (κ1) is 10.9. The first-order valence-electron chi connectivity index (χ1n) is 6.00. The Labute approximate surface area is 91.4 Å². The van der Waals surface area contributed by atoms with Gasteiger partial charge in [0.25, 0.3) is 0 Å². The Morgan fingerprint density at radius 2 is 2.20 bits per heavy atom. The van der Waals surface area contributed by atoms with Crippen LogP contribution in [0.1, 0.15) is 26.2 Å². The molecule has 2 heterocycles. The summed E-state index contributed by atoms with van der Waals surface area (Å²) in [5, 5.41) is 0. The molecule has 2 rings (SSSR count). The average Bonchev–Trinajstić information content (AvgIpc) is 2.60. The minimum absolute atomic E-state index is 0.165. The molecule has 1 amide bonds. The van der Waals surface area contributed by atoms with Crippen molar-refractivity contribution in [2.24, 2.45) is 5.73 Å². The molecule has 2 atom stereocenters. The van der Waals surface area contributed by atoms with Crippen LogP contribution < -0.4 is 5.73 Å². The van der Waals surface area contributed by atoms with E-state index >= 15 is 0 Å². The van der Waals surface area contributed by atoms with Crippen LogP contribution in [0.2, 0.25) is 0 Å². The fraction of sp³-hybridized carbons (Fsp3) is 0.909. The molecule has 0 aromatic carbocycles. The molecular formula is C11H21N3O. The van der Waals surface area contributed by atoms with Crippen molar-refractivity contribution in [2.45, 2.75) is 38.3 Å². The molecule has 2 N–H and O–H groups in total. The Hall–Kier alpha value is -0.610. The minimum Gasteiger partial charge on any atom is -0.337 e. The van der Waals surface area contributed by atoms with Gasteiger partial charge in [0.05, 0.1) is 6.04 Å². The third kappa shape index (κ3) is 2.16. The molecule has 2 aliphatic heterocycles. The maximum absolute atomic E-state index is 11.8. The fourth-order valence-electron chi connectivity index (χ4n) is 2.66. The highest BCUT2D eigenvalue weighted by atomic mass is 16.2. The maximum Gasteiger partial charge on any atom is 0.239 e. The van der Waals surface area contributed by atoms with E-state index in [2.05, 4.69) is 11.8 Å². The zero-order valence-corrected chi connectivity index (χ0v) is 9.48. The summed E-state index contributed by atoms with van der Waals surface area (Å²) in [7, 11) is 0. The third-order valence-electron chi connectivity index (χ3n) is 3.65. The standard InChI is InChI=1S/C11H21N3O/c1-2-13-6-3-4-9(8-13)14-7-5-10(12)11(14)15/h9-10H,2-8,12H2,1H3. The third-order valence-corrected chi connectivity index (χ3v) is 3.65. The van der Waals surface area contributed by atoms with E-state index in [1.54, 1.807) is 0 Å². The number of likely N-dealkylation sites (N-methyl/N-ethyl adjacent to an activating group) is 1. The topological polar surface area (TPSA) is 49.6 Å². The summed E-state index contributed by atoms with van der Waals surface area (Å²) in [6.45, 7) is 6.35. The van der Waals surface area contributed by atoms with E-state index in [4.69, 9.17) is 5.73 Å². The van der Waals surface area contributed by atoms with Gasteiger partial charge in [-0.2, -0.15) is 0 Å². The summed E-state index contributed by atoms with van der Waals surface area (Å²) in [5.74, 6) is 0.165. The second-order valence-corrected chi connectivity index (χ2v) is 4.62. The van der Waals surface area contributed by atoms with Crippen LogP contribution in [0.4, 0.5) is 0 Å². The van der Waals surface area contributed by atoms with Crippen LogP contribution in [0.3, 0.4) is 0 Å². The summed E-state index contributed by atoms with van der Waals surface area (Å²) < 4.78 is 0. The Morgan fingerprint density at radius 3 is 2.80 bits per heavy atom. The van der Waals surface area contributed by atoms with Gasteiger partial charge in [0.2, 0.25) is 5.91 Å². The Balaban J connectivity index is 1.95. The largest absolute Gasteiger partial charge is 0.337 e. The summed E-state index contributed by atoms with van der Waals surface area (Å²) in [5.41, 5.74) is 5.74. The molecule has 0 radical (unpaired) electrons. The van der Waals surface area contributed by atoms with Gasteiger partial charge in [-0.3, -0.25) is 4.79 Å². The number of piperidine rings is 1. The smallest absolute Gasteiger partial charge is 0.239 e. The molecule has 2 fully saturated rings. The first-order valence-corrected chi connectivity index (χ1v) is 6.00. The van der Waals surface area contributed by atoms with Crippen LogP contribution in [-0.2, 0) is 4.79 Å². The van der Waals surface area contributed by atoms with Crippen molar-refractivity contribution in [1.82, 2.24) is 9.80 Å². The van der Waals surface area contributed by atoms with Crippen molar-refractivity contribution >= 4 is 5.91 Å². The predicted molar refractivity (Wildman–Crippen MR) is 59.4 cm³/mol. The normalized spacial score (nSPS) is 33.7. The molecule has 0 aromatic rings. The summed E-state index contributed by atoms with van der Waals surface area (Å²) >= 11 is 0. The highest BCUT2D eigenvalue weighted by Crippen LogP contribution is 2.20. The SMILES string of the molecule is CCN1CCCC(N2CCC(N)C2=O)C1. The van der Waals surface area contributed by atoms with E-state index in [-0.39, 0.29) is 11.9 Å². The number of hydrogen-bond acceptors (Lipinski definition) is 3. The van der Waals surface area contributed by atoms with Crippen LogP contribution in [0, 0.1) is 0 Å². The number of hydrogen-bond donors (Lipinski definition) is 1. The lowest BCUT2D eigenvalue weighted by Gasteiger charge is -2.37. The van der Waals surface area contributed by atoms with Crippen molar-refractivity contribution < 1.29 is 4.79 Å². The van der Waals surface area contributed by atoms with Crippen LogP contribution >= 0.6 is 0 Å². The van der Waals surface area contributed by atoms with Crippen molar-refractivity contribution in [3.05, 3.63) is 0 Å². The van der Waals surface area contributed by atoms with Crippen LogP contribution in [0.5, 0.6) is 0 Å². The van der Waals surface area contributed by atoms with E-state index < -0.39 is 0 Å². The molecule has 4 nitrogen and oxygen atoms in total. The van der Waals surface area contributed by atoms with Gasteiger partial charge in [0.1, 0.15) is 0 Å². The van der Waals surface area contributed by atoms with Gasteiger partial charge < -0.3 is 15.5 Å². The zero-order chi connectivity index (χ0) is 10.8. The first-order chi connectivity index (χ1) is 7.22. The Morgan fingerprint density at radius 1 is 1.40 bits per heavy atom. The van der Waals surface area contributed by atoms with Crippen molar-refractivity contribution in [3.63, 3.8) is 0 Å². The van der Waals surface area contributed by atoms with Crippen molar-refractivity contribution in [2.75, 3.05) is 26.2 Å². The second kappa shape index (κ2) is 4.49. The number of likely N-dealkylation sites (tertiary alicyclic amines) is 2. The molecular weight excluding hydrogens is 190 g/mol. The molecule has 2 unspecified atom stereocenters. The van der Waals surface area contributed by atoms with Gasteiger partial charge >= 0.3 is 0 Å². The molecule has 0 aliphatic carbocycles. The van der Waals surface area contributed by atoms with Crippen molar-refractivity contribution in [1.29, 1.82) is 0 Å². The predicted octanol–water partition coefficient (Wildman–Crippen LogP) is 0.0303. The van der Waals surface area contributed by atoms with Gasteiger partial charge in [-0.1, -0.05) is 6.92 Å². The minimum atomic E-state index is -0.234. The van der Waals surface area contributed by atoms with Gasteiger partial charge in [0, 0.05) is 19.1 Å². The summed E-state index contributed by atoms with van der Waals surface area (Å²) in [6.07, 6.45) is 3.19. The molecule has 0 aromatic heterocycles. The van der Waals surface area contributed by atoms with E-state index in [1.807, 2.05) is 4.90 Å². The zero-order valence-electron chi connectivity index (χ0n) is 9.48. The van der Waals surface area contributed by atoms with Gasteiger partial charge in [-0.05, 0) is 32.4 Å². The number of carbonyl (C=O) groups excluding carboxylic acids is 1. The van der Waals surface area contributed by atoms with Gasteiger partial charge in [0.15, 0.2) is 0 Å². The lowest BCUT2D eigenvalue weighted by atomic mass is 10.0. The van der Waals surface area contributed by atoms with E-state index in [0.717, 1.165) is 32.5 Å². The molecule has 2 saturated heterocycles. The quantitative estimate of drug-likeness (QED) is 0.701. The van der Waals surface area contributed by atoms with Crippen LogP contribution in [0.15, 0.2) is 0 Å². The highest BCUT2D eigenvalue weighted by Gasteiger charge is 2.35. The molecule has 0 spiro atoms. The molecule has 4 heteroatoms. The fourth-order valence-corrected chi connectivity index (χ4v) is 2.66. The molecule has 0 saturated carbocycles. The lowest BCUT2D eigenvalue weighted by Crippen LogP contribution is -2.49. The van der Waals surface area contributed by atoms with Gasteiger partial charge in [-0.25, -0.2) is 0 Å². The second-order valence-electron chi connectivity index (χ2n) is 4.62. The number of nitrogens with two attached hydrogens (primary N) is 1. The monoisotopic (exact) mass is 211 g/mol. The highest BCUT2D eigenvalue weighted by molar-refractivity contribution is 5.84. The number of rotatable bonds is 2. The van der Waals surface area contributed by atoms with Crippen LogP contribution in [0.25, 0.3) is 0 Å². The van der Waals surface area contributed by atoms with E-state index in [0.29, 0.717) is 6.04 Å². The lowest BCUT2D eigenvalue weighted by molar-refractivity contribution is -0.131. The van der Waals surface area contributed by atoms with Crippen LogP contribution in [-0.4, -0.2) is 54.0 Å². The maximum atomic E-state index is 11.8. The summed E-state index contributed by atoms with van der Waals surface area (Å²) in [4.78, 5) is 16.2. The number of carbonyl (C=O) groups is 1. The average molecular weight is 211 g/mol. The Bertz CT molecular complexity index is 244. The summed E-state index contributed by atoms with van der Waals surface area (Å²) in [6, 6.07) is 0.182. The molecule has 2 aliphatic rings. The van der Waals surface area contributed by atoms with Crippen molar-refractivity contribution in [3.8, 4) is 0 Å². The molecule has 15 heavy (non-hydrogen) atoms. The molecule has 0 bridgehead atoms. The Kier molecular flexibility index (Phi) is 3.26. The van der Waals surface area contributed by atoms with Gasteiger partial charge in [-0.15, -0.1) is 0 Å². The molecule has 86 valence electrons. The van der Waals surface area contributed by atoms with E-state index in [9.17, 15) is 4.79 Å². The van der Waals surface area contributed by atoms with E-state index in [1.165, 1.54) is 13.0 Å². The number of nitrogens with zero attached hydrogens (tertiary/aromatic N) is 2. The number of amides is 1.